The van der Waals surface area contributed by atoms with Crippen LogP contribution in [0.4, 0.5) is 10.2 Å². The van der Waals surface area contributed by atoms with E-state index in [2.05, 4.69) is 16.0 Å². The van der Waals surface area contributed by atoms with Gasteiger partial charge in [0.05, 0.1) is 24.1 Å². The van der Waals surface area contributed by atoms with Crippen LogP contribution in [0, 0.1) is 12.7 Å². The van der Waals surface area contributed by atoms with Gasteiger partial charge in [-0.3, -0.25) is 9.20 Å². The number of rotatable bonds is 6. The lowest BCUT2D eigenvalue weighted by Gasteiger charge is -2.21. The van der Waals surface area contributed by atoms with E-state index in [0.717, 1.165) is 21.7 Å². The normalized spacial score (nSPS) is 12.3. The number of hydrogen-bond acceptors (Lipinski definition) is 7. The number of aromatic nitrogens is 5. The first-order valence-corrected chi connectivity index (χ1v) is 13.3. The average Bonchev–Trinajstić information content (AvgIpc) is 3.51. The lowest BCUT2D eigenvalue weighted by Crippen LogP contribution is -2.22. The molecule has 6 rings (SSSR count). The van der Waals surface area contributed by atoms with Crippen molar-refractivity contribution in [2.24, 2.45) is 0 Å². The van der Waals surface area contributed by atoms with E-state index in [0.29, 0.717) is 34.3 Å². The summed E-state index contributed by atoms with van der Waals surface area (Å²) in [5.74, 6) is -0.149. The molecule has 2 aromatic carbocycles. The van der Waals surface area contributed by atoms with Crippen LogP contribution >= 0.6 is 11.3 Å². The molecule has 0 fully saturated rings. The first-order valence-electron chi connectivity index (χ1n) is 12.4. The summed E-state index contributed by atoms with van der Waals surface area (Å²) in [5.41, 5.74) is 10.8. The van der Waals surface area contributed by atoms with Crippen molar-refractivity contribution in [3.8, 4) is 28.1 Å². The lowest BCUT2D eigenvalue weighted by molar-refractivity contribution is 0.386. The highest BCUT2D eigenvalue weighted by Gasteiger charge is 2.27. The van der Waals surface area contributed by atoms with E-state index in [-0.39, 0.29) is 23.2 Å². The standard InChI is InChI=1S/C29H25FN6O2S/c1-4-21(19-13-23-35(16(2)14-39-23)29(37)24(19)17-8-6-5-7-9-17)36-28-25(27(31)32-15-33-28)26(34-36)18-10-11-22(38-3)20(30)12-18/h5-15,21H,4H2,1-3H3,(H2,31,32,33)/t21-/m0/s1. The van der Waals surface area contributed by atoms with Crippen molar-refractivity contribution in [3.63, 3.8) is 0 Å². The fourth-order valence-electron chi connectivity index (χ4n) is 5.14. The summed E-state index contributed by atoms with van der Waals surface area (Å²) in [6, 6.07) is 16.0. The molecule has 0 saturated heterocycles. The summed E-state index contributed by atoms with van der Waals surface area (Å²) in [5, 5.41) is 7.43. The summed E-state index contributed by atoms with van der Waals surface area (Å²) < 4.78 is 23.3. The number of fused-ring (bicyclic) bond motifs is 2. The van der Waals surface area contributed by atoms with Gasteiger partial charge in [-0.1, -0.05) is 37.3 Å². The van der Waals surface area contributed by atoms with E-state index in [1.54, 1.807) is 21.2 Å². The van der Waals surface area contributed by atoms with E-state index in [1.807, 2.05) is 49.6 Å². The van der Waals surface area contributed by atoms with Crippen LogP contribution in [0.3, 0.4) is 0 Å². The van der Waals surface area contributed by atoms with Gasteiger partial charge in [-0.25, -0.2) is 19.0 Å². The third-order valence-electron chi connectivity index (χ3n) is 6.95. The zero-order chi connectivity index (χ0) is 27.3. The van der Waals surface area contributed by atoms with E-state index in [4.69, 9.17) is 15.6 Å². The molecular weight excluding hydrogens is 515 g/mol. The predicted molar refractivity (Wildman–Crippen MR) is 152 cm³/mol. The number of anilines is 1. The molecule has 10 heteroatoms. The van der Waals surface area contributed by atoms with Crippen molar-refractivity contribution in [2.45, 2.75) is 26.3 Å². The van der Waals surface area contributed by atoms with Crippen LogP contribution in [0.15, 0.2) is 71.1 Å². The Labute approximate surface area is 227 Å². The Hall–Kier alpha value is -4.57. The van der Waals surface area contributed by atoms with Crippen LogP contribution in [0.1, 0.15) is 30.6 Å². The maximum absolute atomic E-state index is 14.7. The molecule has 1 atom stereocenters. The van der Waals surface area contributed by atoms with Crippen LogP contribution in [0.5, 0.6) is 5.75 Å². The molecule has 4 aromatic heterocycles. The van der Waals surface area contributed by atoms with Gasteiger partial charge >= 0.3 is 0 Å². The number of pyridine rings is 1. The van der Waals surface area contributed by atoms with Gasteiger partial charge in [0, 0.05) is 16.6 Å². The molecule has 39 heavy (non-hydrogen) atoms. The summed E-state index contributed by atoms with van der Waals surface area (Å²) in [4.78, 5) is 23.5. The second-order valence-corrected chi connectivity index (χ2v) is 10.1. The van der Waals surface area contributed by atoms with Gasteiger partial charge in [0.2, 0.25) is 0 Å². The molecular formula is C29H25FN6O2S. The van der Waals surface area contributed by atoms with Gasteiger partial charge in [-0.2, -0.15) is 5.10 Å². The first kappa shape index (κ1) is 24.7. The minimum atomic E-state index is -0.516. The van der Waals surface area contributed by atoms with Gasteiger partial charge in [0.25, 0.3) is 5.56 Å². The molecule has 0 aliphatic carbocycles. The maximum atomic E-state index is 14.7. The summed E-state index contributed by atoms with van der Waals surface area (Å²) >= 11 is 1.52. The summed E-state index contributed by atoms with van der Waals surface area (Å²) in [7, 11) is 1.42. The number of ether oxygens (including phenoxy) is 1. The zero-order valence-corrected chi connectivity index (χ0v) is 22.4. The molecule has 0 unspecified atom stereocenters. The van der Waals surface area contributed by atoms with Crippen LogP contribution in [0.2, 0.25) is 0 Å². The number of nitrogens with zero attached hydrogens (tertiary/aromatic N) is 5. The fourth-order valence-corrected chi connectivity index (χ4v) is 6.06. The third kappa shape index (κ3) is 3.95. The molecule has 0 amide bonds. The monoisotopic (exact) mass is 540 g/mol. The van der Waals surface area contributed by atoms with Gasteiger partial charge in [0.1, 0.15) is 22.7 Å². The molecule has 196 valence electrons. The number of hydrogen-bond donors (Lipinski definition) is 1. The molecule has 0 radical (unpaired) electrons. The van der Waals surface area contributed by atoms with Crippen LogP contribution in [0.25, 0.3) is 38.2 Å². The Kier molecular flexibility index (Phi) is 6.11. The van der Waals surface area contributed by atoms with E-state index >= 15 is 0 Å². The predicted octanol–water partition coefficient (Wildman–Crippen LogP) is 5.87. The van der Waals surface area contributed by atoms with Gasteiger partial charge in [-0.05, 0) is 48.7 Å². The minimum absolute atomic E-state index is 0.0889. The molecule has 0 bridgehead atoms. The van der Waals surface area contributed by atoms with Crippen LogP contribution in [-0.4, -0.2) is 31.3 Å². The smallest absolute Gasteiger partial charge is 0.264 e. The quantitative estimate of drug-likeness (QED) is 0.284. The number of nitrogens with two attached hydrogens (primary N) is 1. The third-order valence-corrected chi connectivity index (χ3v) is 7.96. The van der Waals surface area contributed by atoms with Crippen molar-refractivity contribution >= 4 is 33.0 Å². The van der Waals surface area contributed by atoms with E-state index < -0.39 is 5.82 Å². The second kappa shape index (κ2) is 9.63. The number of aryl methyl sites for hydroxylation is 1. The van der Waals surface area contributed by atoms with Crippen molar-refractivity contribution in [1.82, 2.24) is 24.1 Å². The zero-order valence-electron chi connectivity index (χ0n) is 21.6. The molecule has 2 N–H and O–H groups in total. The Morgan fingerprint density at radius 3 is 2.62 bits per heavy atom. The van der Waals surface area contributed by atoms with Gasteiger partial charge in [0.15, 0.2) is 17.2 Å². The van der Waals surface area contributed by atoms with Crippen molar-refractivity contribution < 1.29 is 9.13 Å². The molecule has 0 saturated carbocycles. The highest BCUT2D eigenvalue weighted by atomic mass is 32.1. The Morgan fingerprint density at radius 1 is 1.10 bits per heavy atom. The number of halogens is 1. The maximum Gasteiger partial charge on any atom is 0.264 e. The molecule has 0 spiro atoms. The lowest BCUT2D eigenvalue weighted by atomic mass is 9.95. The summed E-state index contributed by atoms with van der Waals surface area (Å²) in [6.45, 7) is 3.96. The highest BCUT2D eigenvalue weighted by Crippen LogP contribution is 2.38. The Balaban J connectivity index is 1.65. The Bertz CT molecular complexity index is 1910. The van der Waals surface area contributed by atoms with E-state index in [1.165, 1.54) is 30.8 Å². The van der Waals surface area contributed by atoms with Crippen molar-refractivity contribution in [2.75, 3.05) is 12.8 Å². The molecule has 6 aromatic rings. The number of benzene rings is 2. The number of thiazole rings is 1. The Morgan fingerprint density at radius 2 is 1.90 bits per heavy atom. The van der Waals surface area contributed by atoms with Crippen LogP contribution in [-0.2, 0) is 0 Å². The van der Waals surface area contributed by atoms with Crippen molar-refractivity contribution in [3.05, 3.63) is 93.7 Å². The topological polar surface area (TPSA) is 100 Å². The SMILES string of the molecule is CC[C@@H](c1cc2scc(C)n2c(=O)c1-c1ccccc1)n1nc(-c2ccc(OC)c(F)c2)c2c(N)ncnc21. The van der Waals surface area contributed by atoms with Gasteiger partial charge < -0.3 is 10.5 Å². The largest absolute Gasteiger partial charge is 0.494 e. The van der Waals surface area contributed by atoms with Gasteiger partial charge in [-0.15, -0.1) is 11.3 Å². The first-order chi connectivity index (χ1) is 18.9. The fraction of sp³-hybridized carbons (Fsp3) is 0.172. The van der Waals surface area contributed by atoms with Crippen molar-refractivity contribution in [1.29, 1.82) is 0 Å². The second-order valence-electron chi connectivity index (χ2n) is 9.22. The minimum Gasteiger partial charge on any atom is -0.494 e. The molecule has 0 aliphatic heterocycles. The summed E-state index contributed by atoms with van der Waals surface area (Å²) in [6.07, 6.45) is 2.00. The number of nitrogen functional groups attached to an aromatic ring is 1. The molecule has 8 nitrogen and oxygen atoms in total. The average molecular weight is 541 g/mol. The molecule has 0 aliphatic rings. The number of methoxy groups -OCH3 is 1. The van der Waals surface area contributed by atoms with E-state index in [9.17, 15) is 9.18 Å². The van der Waals surface area contributed by atoms with Crippen LogP contribution < -0.4 is 16.0 Å². The molecule has 4 heterocycles. The highest BCUT2D eigenvalue weighted by molar-refractivity contribution is 7.15.